The van der Waals surface area contributed by atoms with E-state index in [2.05, 4.69) is 19.7 Å². The van der Waals surface area contributed by atoms with E-state index in [1.165, 1.54) is 12.1 Å². The molecule has 0 aliphatic carbocycles. The summed E-state index contributed by atoms with van der Waals surface area (Å²) in [5.41, 5.74) is 0.717. The number of anilines is 1. The van der Waals surface area contributed by atoms with Crippen LogP contribution in [0.25, 0.3) is 0 Å². The highest BCUT2D eigenvalue weighted by Gasteiger charge is 2.23. The third-order valence-corrected chi connectivity index (χ3v) is 5.08. The van der Waals surface area contributed by atoms with Gasteiger partial charge in [0.15, 0.2) is 11.0 Å². The second-order valence-electron chi connectivity index (χ2n) is 5.15. The van der Waals surface area contributed by atoms with Crippen molar-refractivity contribution in [2.24, 2.45) is 0 Å². The molecule has 0 fully saturated rings. The van der Waals surface area contributed by atoms with Crippen molar-refractivity contribution >= 4 is 39.0 Å². The van der Waals surface area contributed by atoms with Crippen LogP contribution in [0.15, 0.2) is 53.8 Å². The molecule has 0 spiro atoms. The van der Waals surface area contributed by atoms with Gasteiger partial charge < -0.3 is 4.74 Å². The largest absolute Gasteiger partial charge is 0.470 e. The molecule has 27 heavy (non-hydrogen) atoms. The van der Waals surface area contributed by atoms with Crippen molar-refractivity contribution < 1.29 is 17.5 Å². The van der Waals surface area contributed by atoms with E-state index in [-0.39, 0.29) is 28.5 Å². The van der Waals surface area contributed by atoms with Crippen molar-refractivity contribution in [1.29, 1.82) is 0 Å². The molecule has 0 aliphatic rings. The van der Waals surface area contributed by atoms with Crippen molar-refractivity contribution in [3.63, 3.8) is 0 Å². The molecule has 0 atom stereocenters. The molecule has 2 heterocycles. The molecule has 0 bridgehead atoms. The van der Waals surface area contributed by atoms with E-state index >= 15 is 0 Å². The molecular formula is C16H11Cl2FN4O3S. The van der Waals surface area contributed by atoms with Gasteiger partial charge in [-0.05, 0) is 18.2 Å². The molecule has 0 unspecified atom stereocenters. The maximum absolute atomic E-state index is 14.1. The fraction of sp³-hybridized carbons (Fsp3) is 0.0625. The van der Waals surface area contributed by atoms with E-state index in [0.717, 1.165) is 12.3 Å². The van der Waals surface area contributed by atoms with Gasteiger partial charge in [-0.1, -0.05) is 35.3 Å². The minimum Gasteiger partial charge on any atom is -0.470 e. The minimum absolute atomic E-state index is 0.00642. The number of nitrogens with zero attached hydrogens (tertiary/aromatic N) is 3. The first kappa shape index (κ1) is 19.3. The van der Waals surface area contributed by atoms with Gasteiger partial charge in [-0.3, -0.25) is 9.71 Å². The Balaban J connectivity index is 1.89. The summed E-state index contributed by atoms with van der Waals surface area (Å²) in [6, 6.07) is 7.10. The maximum atomic E-state index is 14.1. The Hall–Kier alpha value is -2.49. The van der Waals surface area contributed by atoms with Crippen LogP contribution in [0.5, 0.6) is 5.88 Å². The van der Waals surface area contributed by atoms with Gasteiger partial charge in [0.05, 0.1) is 11.2 Å². The van der Waals surface area contributed by atoms with Gasteiger partial charge in [0, 0.05) is 18.0 Å². The topological polar surface area (TPSA) is 94.1 Å². The fourth-order valence-electron chi connectivity index (χ4n) is 2.03. The normalized spacial score (nSPS) is 11.2. The van der Waals surface area contributed by atoms with Gasteiger partial charge in [0.1, 0.15) is 11.5 Å². The highest BCUT2D eigenvalue weighted by Crippen LogP contribution is 2.27. The summed E-state index contributed by atoms with van der Waals surface area (Å²) >= 11 is 11.5. The van der Waals surface area contributed by atoms with E-state index in [0.29, 0.717) is 5.56 Å². The van der Waals surface area contributed by atoms with Crippen molar-refractivity contribution in [2.45, 2.75) is 11.5 Å². The lowest BCUT2D eigenvalue weighted by molar-refractivity contribution is 0.294. The smallest absolute Gasteiger partial charge is 0.266 e. The Morgan fingerprint density at radius 3 is 2.70 bits per heavy atom. The third kappa shape index (κ3) is 4.62. The molecule has 0 saturated carbocycles. The number of pyridine rings is 1. The zero-order valence-electron chi connectivity index (χ0n) is 13.4. The Kier molecular flexibility index (Phi) is 5.73. The molecule has 3 rings (SSSR count). The zero-order chi connectivity index (χ0) is 19.4. The second-order valence-corrected chi connectivity index (χ2v) is 7.60. The van der Waals surface area contributed by atoms with Gasteiger partial charge in [0.25, 0.3) is 15.9 Å². The predicted molar refractivity (Wildman–Crippen MR) is 97.8 cm³/mol. The lowest BCUT2D eigenvalue weighted by Gasteiger charge is -2.12. The van der Waals surface area contributed by atoms with E-state index in [1.807, 2.05) is 0 Å². The van der Waals surface area contributed by atoms with Crippen LogP contribution in [0.2, 0.25) is 10.2 Å². The number of nitrogens with one attached hydrogen (secondary N) is 1. The Morgan fingerprint density at radius 2 is 1.96 bits per heavy atom. The first-order valence-corrected chi connectivity index (χ1v) is 9.62. The van der Waals surface area contributed by atoms with Crippen molar-refractivity contribution in [2.75, 3.05) is 4.72 Å². The van der Waals surface area contributed by atoms with Crippen LogP contribution in [0.1, 0.15) is 5.56 Å². The Morgan fingerprint density at radius 1 is 1.15 bits per heavy atom. The highest BCUT2D eigenvalue weighted by atomic mass is 35.5. The van der Waals surface area contributed by atoms with E-state index in [1.54, 1.807) is 24.5 Å². The quantitative estimate of drug-likeness (QED) is 0.642. The number of halogens is 3. The molecule has 1 aromatic carbocycles. The van der Waals surface area contributed by atoms with Crippen molar-refractivity contribution in [1.82, 2.24) is 15.0 Å². The third-order valence-electron chi connectivity index (χ3n) is 3.25. The average Bonchev–Trinajstić information content (AvgIpc) is 2.64. The maximum Gasteiger partial charge on any atom is 0.266 e. The standard InChI is InChI=1S/C16H11Cl2FN4O3S/c17-11-4-1-5-12(14(11)19)27(24,25)23-15-16(22-13(18)8-21-15)26-9-10-3-2-6-20-7-10/h1-8H,9H2,(H,21,23). The van der Waals surface area contributed by atoms with E-state index in [4.69, 9.17) is 27.9 Å². The van der Waals surface area contributed by atoms with Gasteiger partial charge in [0.2, 0.25) is 5.82 Å². The number of benzene rings is 1. The number of hydrogen-bond acceptors (Lipinski definition) is 6. The average molecular weight is 429 g/mol. The summed E-state index contributed by atoms with van der Waals surface area (Å²) in [6.45, 7) is 0.0448. The molecular weight excluding hydrogens is 418 g/mol. The monoisotopic (exact) mass is 428 g/mol. The van der Waals surface area contributed by atoms with Crippen LogP contribution >= 0.6 is 23.2 Å². The Bertz CT molecular complexity index is 1070. The van der Waals surface area contributed by atoms with Crippen LogP contribution in [-0.4, -0.2) is 23.4 Å². The number of rotatable bonds is 6. The molecule has 0 radical (unpaired) electrons. The zero-order valence-corrected chi connectivity index (χ0v) is 15.8. The summed E-state index contributed by atoms with van der Waals surface area (Å²) in [4.78, 5) is 11.1. The molecule has 7 nitrogen and oxygen atoms in total. The summed E-state index contributed by atoms with van der Waals surface area (Å²) in [5.74, 6) is -1.49. The van der Waals surface area contributed by atoms with Gasteiger partial charge in [-0.25, -0.2) is 17.8 Å². The van der Waals surface area contributed by atoms with Gasteiger partial charge in [-0.2, -0.15) is 4.98 Å². The summed E-state index contributed by atoms with van der Waals surface area (Å²) < 4.78 is 46.7. The molecule has 0 saturated heterocycles. The van der Waals surface area contributed by atoms with Gasteiger partial charge >= 0.3 is 0 Å². The first-order valence-electron chi connectivity index (χ1n) is 7.38. The number of hydrogen-bond donors (Lipinski definition) is 1. The number of ether oxygens (including phenoxy) is 1. The van der Waals surface area contributed by atoms with Gasteiger partial charge in [-0.15, -0.1) is 0 Å². The molecule has 2 aromatic heterocycles. The number of aromatic nitrogens is 3. The highest BCUT2D eigenvalue weighted by molar-refractivity contribution is 7.92. The second kappa shape index (κ2) is 8.03. The van der Waals surface area contributed by atoms with Crippen LogP contribution in [-0.2, 0) is 16.6 Å². The van der Waals surface area contributed by atoms with Crippen LogP contribution < -0.4 is 9.46 Å². The summed E-state index contributed by atoms with van der Waals surface area (Å²) in [6.07, 6.45) is 4.30. The van der Waals surface area contributed by atoms with Crippen molar-refractivity contribution in [3.8, 4) is 5.88 Å². The fourth-order valence-corrected chi connectivity index (χ4v) is 3.50. The number of sulfonamides is 1. The molecule has 11 heteroatoms. The summed E-state index contributed by atoms with van der Waals surface area (Å²) in [7, 11) is -4.33. The predicted octanol–water partition coefficient (Wildman–Crippen LogP) is 3.70. The lowest BCUT2D eigenvalue weighted by Crippen LogP contribution is -2.17. The SMILES string of the molecule is O=S(=O)(Nc1ncc(Cl)nc1OCc1cccnc1)c1cccc(Cl)c1F. The first-order chi connectivity index (χ1) is 12.9. The van der Waals surface area contributed by atoms with Crippen molar-refractivity contribution in [3.05, 3.63) is 70.5 Å². The minimum atomic E-state index is -4.33. The molecule has 140 valence electrons. The van der Waals surface area contributed by atoms with E-state index in [9.17, 15) is 12.8 Å². The van der Waals surface area contributed by atoms with E-state index < -0.39 is 20.7 Å². The van der Waals surface area contributed by atoms with Crippen LogP contribution in [0, 0.1) is 5.82 Å². The molecule has 0 aliphatic heterocycles. The molecule has 3 aromatic rings. The molecule has 0 amide bonds. The summed E-state index contributed by atoms with van der Waals surface area (Å²) in [5, 5.41) is -0.332. The van der Waals surface area contributed by atoms with Crippen LogP contribution in [0.3, 0.4) is 0 Å². The molecule has 1 N–H and O–H groups in total. The lowest BCUT2D eigenvalue weighted by atomic mass is 10.3. The Labute approximate surface area is 164 Å². The van der Waals surface area contributed by atoms with Crippen LogP contribution in [0.4, 0.5) is 10.2 Å².